The molecule has 0 aliphatic carbocycles. The van der Waals surface area contributed by atoms with Crippen molar-refractivity contribution in [3.05, 3.63) is 35.9 Å². The highest BCUT2D eigenvalue weighted by atomic mass is 16.6. The molecule has 1 saturated heterocycles. The molecule has 6 heteroatoms. The number of amides is 1. The number of hydrogen-bond donors (Lipinski definition) is 0. The van der Waals surface area contributed by atoms with E-state index in [1.54, 1.807) is 6.92 Å². The van der Waals surface area contributed by atoms with Crippen molar-refractivity contribution in [2.24, 2.45) is 0 Å². The summed E-state index contributed by atoms with van der Waals surface area (Å²) in [6, 6.07) is 9.37. The largest absolute Gasteiger partial charge is 0.465 e. The maximum atomic E-state index is 12.3. The molecule has 1 fully saturated rings. The molecule has 0 N–H and O–H groups in total. The molecule has 1 aliphatic rings. The number of hydrogen-bond acceptors (Lipinski definition) is 5. The minimum absolute atomic E-state index is 0.152. The van der Waals surface area contributed by atoms with Crippen LogP contribution in [0.5, 0.6) is 0 Å². The van der Waals surface area contributed by atoms with Crippen LogP contribution in [0.4, 0.5) is 4.79 Å². The van der Waals surface area contributed by atoms with Gasteiger partial charge in [0.05, 0.1) is 7.11 Å². The fourth-order valence-corrected chi connectivity index (χ4v) is 2.65. The third-order valence-electron chi connectivity index (χ3n) is 3.65. The van der Waals surface area contributed by atoms with Gasteiger partial charge in [0.1, 0.15) is 6.61 Å². The van der Waals surface area contributed by atoms with Gasteiger partial charge in [-0.2, -0.15) is 0 Å². The number of methoxy groups -OCH3 is 1. The first-order valence-corrected chi connectivity index (χ1v) is 7.34. The summed E-state index contributed by atoms with van der Waals surface area (Å²) in [6.07, 6.45) is 0.504. The Morgan fingerprint density at radius 2 is 2.00 bits per heavy atom. The maximum Gasteiger partial charge on any atom is 0.412 e. The predicted octanol–water partition coefficient (Wildman–Crippen LogP) is 2.32. The summed E-state index contributed by atoms with van der Waals surface area (Å²) >= 11 is 0. The zero-order valence-electron chi connectivity index (χ0n) is 12.9. The van der Waals surface area contributed by atoms with E-state index in [1.807, 2.05) is 30.3 Å². The first-order chi connectivity index (χ1) is 10.6. The molecule has 1 aromatic carbocycles. The third kappa shape index (κ3) is 3.22. The van der Waals surface area contributed by atoms with E-state index in [2.05, 4.69) is 0 Å². The van der Waals surface area contributed by atoms with Crippen LogP contribution in [0.15, 0.2) is 30.3 Å². The van der Waals surface area contributed by atoms with Crippen LogP contribution in [0, 0.1) is 0 Å². The van der Waals surface area contributed by atoms with Gasteiger partial charge in [0.15, 0.2) is 0 Å². The molecule has 120 valence electrons. The van der Waals surface area contributed by atoms with Gasteiger partial charge in [0, 0.05) is 19.6 Å². The molecule has 0 radical (unpaired) electrons. The van der Waals surface area contributed by atoms with Crippen molar-refractivity contribution < 1.29 is 23.8 Å². The van der Waals surface area contributed by atoms with Gasteiger partial charge in [-0.15, -0.1) is 0 Å². The molecule has 0 spiro atoms. The SMILES string of the molecule is CCO[C@@]1(C(=O)OC)CCCN1C(=O)OCc1ccccc1. The van der Waals surface area contributed by atoms with Gasteiger partial charge in [0.25, 0.3) is 0 Å². The first-order valence-electron chi connectivity index (χ1n) is 7.34. The second-order valence-electron chi connectivity index (χ2n) is 5.00. The number of rotatable bonds is 5. The van der Waals surface area contributed by atoms with Gasteiger partial charge in [0.2, 0.25) is 5.72 Å². The van der Waals surface area contributed by atoms with E-state index in [0.29, 0.717) is 26.0 Å². The Hall–Kier alpha value is -2.08. The van der Waals surface area contributed by atoms with Crippen molar-refractivity contribution in [3.8, 4) is 0 Å². The minimum Gasteiger partial charge on any atom is -0.465 e. The number of nitrogens with zero attached hydrogens (tertiary/aromatic N) is 1. The molecule has 0 bridgehead atoms. The number of carbonyl (C=O) groups is 2. The van der Waals surface area contributed by atoms with Gasteiger partial charge in [-0.05, 0) is 18.9 Å². The highest BCUT2D eigenvalue weighted by Crippen LogP contribution is 2.32. The zero-order valence-corrected chi connectivity index (χ0v) is 12.9. The standard InChI is InChI=1S/C16H21NO5/c1-3-22-16(14(18)20-2)10-7-11-17(16)15(19)21-12-13-8-5-4-6-9-13/h4-6,8-9H,3,7,10-12H2,1-2H3/t16-/m1/s1. The number of carbonyl (C=O) groups excluding carboxylic acids is 2. The minimum atomic E-state index is -1.36. The van der Waals surface area contributed by atoms with Crippen molar-refractivity contribution in [2.75, 3.05) is 20.3 Å². The van der Waals surface area contributed by atoms with Crippen LogP contribution in [0.2, 0.25) is 0 Å². The first kappa shape index (κ1) is 16.3. The Morgan fingerprint density at radius 3 is 2.64 bits per heavy atom. The molecule has 1 heterocycles. The molecule has 22 heavy (non-hydrogen) atoms. The summed E-state index contributed by atoms with van der Waals surface area (Å²) in [6.45, 7) is 2.64. The van der Waals surface area contributed by atoms with Gasteiger partial charge in [-0.1, -0.05) is 30.3 Å². The van der Waals surface area contributed by atoms with Crippen LogP contribution in [-0.4, -0.2) is 42.9 Å². The Morgan fingerprint density at radius 1 is 1.27 bits per heavy atom. The zero-order chi connectivity index (χ0) is 16.0. The van der Waals surface area contributed by atoms with Crippen LogP contribution in [0.1, 0.15) is 25.3 Å². The smallest absolute Gasteiger partial charge is 0.412 e. The van der Waals surface area contributed by atoms with E-state index in [-0.39, 0.29) is 6.61 Å². The van der Waals surface area contributed by atoms with Crippen molar-refractivity contribution in [2.45, 2.75) is 32.1 Å². The summed E-state index contributed by atoms with van der Waals surface area (Å²) in [5, 5.41) is 0. The highest BCUT2D eigenvalue weighted by molar-refractivity contribution is 5.85. The fraction of sp³-hybridized carbons (Fsp3) is 0.500. The molecule has 1 amide bonds. The number of likely N-dealkylation sites (tertiary alicyclic amines) is 1. The van der Waals surface area contributed by atoms with Crippen LogP contribution in [0.25, 0.3) is 0 Å². The van der Waals surface area contributed by atoms with E-state index in [0.717, 1.165) is 5.56 Å². The van der Waals surface area contributed by atoms with E-state index in [1.165, 1.54) is 12.0 Å². The second kappa shape index (κ2) is 7.26. The molecule has 6 nitrogen and oxygen atoms in total. The molecule has 0 unspecified atom stereocenters. The summed E-state index contributed by atoms with van der Waals surface area (Å²) in [5.41, 5.74) is -0.479. The average molecular weight is 307 g/mol. The average Bonchev–Trinajstić information content (AvgIpc) is 2.98. The Bertz CT molecular complexity index is 519. The topological polar surface area (TPSA) is 65.1 Å². The lowest BCUT2D eigenvalue weighted by molar-refractivity contribution is -0.188. The molecule has 2 rings (SSSR count). The molecule has 0 saturated carbocycles. The van der Waals surface area contributed by atoms with Crippen LogP contribution >= 0.6 is 0 Å². The molecule has 1 aromatic rings. The van der Waals surface area contributed by atoms with Gasteiger partial charge in [-0.3, -0.25) is 4.90 Å². The fourth-order valence-electron chi connectivity index (χ4n) is 2.65. The van der Waals surface area contributed by atoms with Gasteiger partial charge in [-0.25, -0.2) is 9.59 Å². The Balaban J connectivity index is 2.07. The molecule has 0 aromatic heterocycles. The second-order valence-corrected chi connectivity index (χ2v) is 5.00. The number of esters is 1. The summed E-state index contributed by atoms with van der Waals surface area (Å²) in [4.78, 5) is 25.8. The molecular weight excluding hydrogens is 286 g/mol. The lowest BCUT2D eigenvalue weighted by atomic mass is 10.1. The third-order valence-corrected chi connectivity index (χ3v) is 3.65. The predicted molar refractivity (Wildman–Crippen MR) is 78.9 cm³/mol. The lowest BCUT2D eigenvalue weighted by Crippen LogP contribution is -2.55. The van der Waals surface area contributed by atoms with E-state index in [9.17, 15) is 9.59 Å². The Kier molecular flexibility index (Phi) is 5.38. The van der Waals surface area contributed by atoms with Crippen LogP contribution in [0.3, 0.4) is 0 Å². The highest BCUT2D eigenvalue weighted by Gasteiger charge is 2.52. The molecule has 1 atom stereocenters. The quantitative estimate of drug-likeness (QED) is 0.781. The van der Waals surface area contributed by atoms with Crippen molar-refractivity contribution >= 4 is 12.1 Å². The summed E-state index contributed by atoms with van der Waals surface area (Å²) in [5.74, 6) is -0.566. The monoisotopic (exact) mass is 307 g/mol. The van der Waals surface area contributed by atoms with Crippen LogP contribution in [-0.2, 0) is 25.6 Å². The van der Waals surface area contributed by atoms with Gasteiger partial charge >= 0.3 is 12.1 Å². The number of ether oxygens (including phenoxy) is 3. The normalized spacial score (nSPS) is 20.7. The van der Waals surface area contributed by atoms with Crippen molar-refractivity contribution in [1.29, 1.82) is 0 Å². The summed E-state index contributed by atoms with van der Waals surface area (Å²) < 4.78 is 15.7. The molecular formula is C16H21NO5. The van der Waals surface area contributed by atoms with Crippen molar-refractivity contribution in [3.63, 3.8) is 0 Å². The van der Waals surface area contributed by atoms with Crippen molar-refractivity contribution in [1.82, 2.24) is 4.90 Å². The maximum absolute atomic E-state index is 12.3. The molecule has 1 aliphatic heterocycles. The Labute approximate surface area is 129 Å². The lowest BCUT2D eigenvalue weighted by Gasteiger charge is -2.34. The van der Waals surface area contributed by atoms with E-state index >= 15 is 0 Å². The van der Waals surface area contributed by atoms with E-state index < -0.39 is 17.8 Å². The number of benzene rings is 1. The summed E-state index contributed by atoms with van der Waals surface area (Å²) in [7, 11) is 1.29. The van der Waals surface area contributed by atoms with Gasteiger partial charge < -0.3 is 14.2 Å². The van der Waals surface area contributed by atoms with E-state index in [4.69, 9.17) is 14.2 Å². The van der Waals surface area contributed by atoms with Crippen LogP contribution < -0.4 is 0 Å².